The van der Waals surface area contributed by atoms with Crippen LogP contribution < -0.4 is 10.5 Å². The highest BCUT2D eigenvalue weighted by Gasteiger charge is 1.97. The summed E-state index contributed by atoms with van der Waals surface area (Å²) in [6.45, 7) is 0.558. The molecule has 2 aromatic carbocycles. The predicted octanol–water partition coefficient (Wildman–Crippen LogP) is 2.85. The number of benzene rings is 2. The van der Waals surface area contributed by atoms with Gasteiger partial charge in [-0.2, -0.15) is 0 Å². The van der Waals surface area contributed by atoms with Crippen LogP contribution in [0.3, 0.4) is 0 Å². The van der Waals surface area contributed by atoms with Gasteiger partial charge in [-0.3, -0.25) is 5.41 Å². The maximum atomic E-state index is 7.07. The fourth-order valence-electron chi connectivity index (χ4n) is 1.57. The van der Waals surface area contributed by atoms with E-state index in [0.717, 1.165) is 5.75 Å². The lowest BCUT2D eigenvalue weighted by atomic mass is 10.1. The van der Waals surface area contributed by atoms with Crippen LogP contribution in [0.2, 0.25) is 0 Å². The monoisotopic (exact) mass is 246 g/mol. The van der Waals surface area contributed by atoms with Gasteiger partial charge in [0.15, 0.2) is 5.17 Å². The first-order chi connectivity index (χ1) is 8.25. The minimum Gasteiger partial charge on any atom is -0.493 e. The summed E-state index contributed by atoms with van der Waals surface area (Å²) in [7, 11) is 0. The molecule has 0 spiro atoms. The molecule has 0 bridgehead atoms. The first kappa shape index (κ1) is 11.8. The second-order valence-electron chi connectivity index (χ2n) is 3.57. The fraction of sp³-hybridized carbons (Fsp3) is 0.154. The zero-order valence-corrected chi connectivity index (χ0v) is 10.2. The molecule has 0 saturated carbocycles. The molecule has 0 unspecified atom stereocenters. The highest BCUT2D eigenvalue weighted by molar-refractivity contribution is 8.13. The van der Waals surface area contributed by atoms with Crippen LogP contribution in [-0.4, -0.2) is 17.5 Å². The van der Waals surface area contributed by atoms with Gasteiger partial charge in [0.1, 0.15) is 5.75 Å². The SMILES string of the molecule is N=C(N)SCCOc1ccc2ccccc2c1. The number of amidine groups is 1. The van der Waals surface area contributed by atoms with Crippen molar-refractivity contribution >= 4 is 27.7 Å². The summed E-state index contributed by atoms with van der Waals surface area (Å²) in [5, 5.41) is 9.58. The minimum absolute atomic E-state index is 0.132. The average molecular weight is 246 g/mol. The molecule has 2 aromatic rings. The number of nitrogens with two attached hydrogens (primary N) is 1. The van der Waals surface area contributed by atoms with E-state index in [1.807, 2.05) is 30.3 Å². The van der Waals surface area contributed by atoms with Crippen molar-refractivity contribution in [2.45, 2.75) is 0 Å². The number of nitrogens with one attached hydrogen (secondary N) is 1. The van der Waals surface area contributed by atoms with Crippen molar-refractivity contribution in [2.24, 2.45) is 5.73 Å². The maximum absolute atomic E-state index is 7.07. The summed E-state index contributed by atoms with van der Waals surface area (Å²) < 4.78 is 5.59. The Morgan fingerprint density at radius 1 is 1.18 bits per heavy atom. The molecule has 2 rings (SSSR count). The lowest BCUT2D eigenvalue weighted by Gasteiger charge is -2.06. The first-order valence-electron chi connectivity index (χ1n) is 5.34. The average Bonchev–Trinajstić information content (AvgIpc) is 2.34. The summed E-state index contributed by atoms with van der Waals surface area (Å²) in [4.78, 5) is 0. The zero-order chi connectivity index (χ0) is 12.1. The van der Waals surface area contributed by atoms with E-state index in [1.165, 1.54) is 22.5 Å². The highest BCUT2D eigenvalue weighted by Crippen LogP contribution is 2.20. The van der Waals surface area contributed by atoms with Gasteiger partial charge >= 0.3 is 0 Å². The Hall–Kier alpha value is -1.68. The Morgan fingerprint density at radius 3 is 2.71 bits per heavy atom. The van der Waals surface area contributed by atoms with Gasteiger partial charge in [-0.05, 0) is 22.9 Å². The molecule has 0 aliphatic heterocycles. The van der Waals surface area contributed by atoms with Gasteiger partial charge < -0.3 is 10.5 Å². The molecule has 17 heavy (non-hydrogen) atoms. The molecule has 0 aliphatic rings. The van der Waals surface area contributed by atoms with E-state index < -0.39 is 0 Å². The second kappa shape index (κ2) is 5.59. The quantitative estimate of drug-likeness (QED) is 0.495. The van der Waals surface area contributed by atoms with Gasteiger partial charge in [-0.1, -0.05) is 42.1 Å². The van der Waals surface area contributed by atoms with Crippen LogP contribution in [-0.2, 0) is 0 Å². The molecular weight excluding hydrogens is 232 g/mol. The molecule has 3 N–H and O–H groups in total. The zero-order valence-electron chi connectivity index (χ0n) is 9.35. The van der Waals surface area contributed by atoms with Crippen molar-refractivity contribution in [1.82, 2.24) is 0 Å². The van der Waals surface area contributed by atoms with Crippen LogP contribution in [0.1, 0.15) is 0 Å². The molecule has 88 valence electrons. The third-order valence-electron chi connectivity index (χ3n) is 2.33. The Bertz CT molecular complexity index is 528. The van der Waals surface area contributed by atoms with Gasteiger partial charge in [0.25, 0.3) is 0 Å². The molecule has 0 heterocycles. The Kier molecular flexibility index (Phi) is 3.88. The Labute approximate surface area is 104 Å². The molecule has 0 atom stereocenters. The van der Waals surface area contributed by atoms with Crippen LogP contribution in [0, 0.1) is 5.41 Å². The molecule has 0 amide bonds. The number of fused-ring (bicyclic) bond motifs is 1. The van der Waals surface area contributed by atoms with Crippen LogP contribution in [0.5, 0.6) is 5.75 Å². The van der Waals surface area contributed by atoms with Crippen LogP contribution in [0.25, 0.3) is 10.8 Å². The third kappa shape index (κ3) is 3.39. The van der Waals surface area contributed by atoms with Gasteiger partial charge in [-0.15, -0.1) is 0 Å². The van der Waals surface area contributed by atoms with Crippen LogP contribution >= 0.6 is 11.8 Å². The standard InChI is InChI=1S/C13H14N2OS/c14-13(15)17-8-7-16-12-6-5-10-3-1-2-4-11(10)9-12/h1-6,9H,7-8H2,(H3,14,15). The molecular formula is C13H14N2OS. The van der Waals surface area contributed by atoms with Crippen molar-refractivity contribution in [1.29, 1.82) is 5.41 Å². The third-order valence-corrected chi connectivity index (χ3v) is 3.01. The van der Waals surface area contributed by atoms with Gasteiger partial charge in [0.2, 0.25) is 0 Å². The largest absolute Gasteiger partial charge is 0.493 e. The molecule has 0 aromatic heterocycles. The number of hydrogen-bond acceptors (Lipinski definition) is 3. The lowest BCUT2D eigenvalue weighted by molar-refractivity contribution is 0.344. The summed E-state index contributed by atoms with van der Waals surface area (Å²) >= 11 is 1.29. The maximum Gasteiger partial charge on any atom is 0.151 e. The van der Waals surface area contributed by atoms with Crippen molar-refractivity contribution in [3.63, 3.8) is 0 Å². The lowest BCUT2D eigenvalue weighted by Crippen LogP contribution is -2.08. The minimum atomic E-state index is 0.132. The van der Waals surface area contributed by atoms with Crippen molar-refractivity contribution < 1.29 is 4.74 Å². The fourth-order valence-corrected chi connectivity index (χ4v) is 1.95. The summed E-state index contributed by atoms with van der Waals surface area (Å²) in [5.41, 5.74) is 5.24. The smallest absolute Gasteiger partial charge is 0.151 e. The van der Waals surface area contributed by atoms with E-state index >= 15 is 0 Å². The Morgan fingerprint density at radius 2 is 1.94 bits per heavy atom. The summed E-state index contributed by atoms with van der Waals surface area (Å²) in [5.74, 6) is 1.55. The first-order valence-corrected chi connectivity index (χ1v) is 6.33. The number of rotatable bonds is 4. The topological polar surface area (TPSA) is 59.1 Å². The predicted molar refractivity (Wildman–Crippen MR) is 73.8 cm³/mol. The molecule has 0 aliphatic carbocycles. The van der Waals surface area contributed by atoms with E-state index in [-0.39, 0.29) is 5.17 Å². The van der Waals surface area contributed by atoms with Gasteiger partial charge in [-0.25, -0.2) is 0 Å². The molecule has 0 radical (unpaired) electrons. The van der Waals surface area contributed by atoms with E-state index in [2.05, 4.69) is 12.1 Å². The Balaban J connectivity index is 1.97. The number of thioether (sulfide) groups is 1. The number of hydrogen-bond donors (Lipinski definition) is 2. The van der Waals surface area contributed by atoms with Crippen molar-refractivity contribution in [2.75, 3.05) is 12.4 Å². The van der Waals surface area contributed by atoms with E-state index in [9.17, 15) is 0 Å². The van der Waals surface area contributed by atoms with E-state index in [0.29, 0.717) is 12.4 Å². The molecule has 0 fully saturated rings. The molecule has 0 saturated heterocycles. The second-order valence-corrected chi connectivity index (χ2v) is 4.71. The van der Waals surface area contributed by atoms with Crippen LogP contribution in [0.4, 0.5) is 0 Å². The number of ether oxygens (including phenoxy) is 1. The van der Waals surface area contributed by atoms with Crippen molar-refractivity contribution in [3.8, 4) is 5.75 Å². The van der Waals surface area contributed by atoms with Crippen LogP contribution in [0.15, 0.2) is 42.5 Å². The van der Waals surface area contributed by atoms with Crippen molar-refractivity contribution in [3.05, 3.63) is 42.5 Å². The normalized spacial score (nSPS) is 10.4. The van der Waals surface area contributed by atoms with Gasteiger partial charge in [0, 0.05) is 5.75 Å². The molecule has 3 nitrogen and oxygen atoms in total. The summed E-state index contributed by atoms with van der Waals surface area (Å²) in [6, 6.07) is 14.2. The van der Waals surface area contributed by atoms with Gasteiger partial charge in [0.05, 0.1) is 6.61 Å². The molecule has 4 heteroatoms. The van der Waals surface area contributed by atoms with E-state index in [1.54, 1.807) is 0 Å². The summed E-state index contributed by atoms with van der Waals surface area (Å²) in [6.07, 6.45) is 0. The van der Waals surface area contributed by atoms with E-state index in [4.69, 9.17) is 15.9 Å². The highest BCUT2D eigenvalue weighted by atomic mass is 32.2.